The summed E-state index contributed by atoms with van der Waals surface area (Å²) in [5, 5.41) is 0. The third-order valence-electron chi connectivity index (χ3n) is 5.32. The van der Waals surface area contributed by atoms with Crippen LogP contribution in [0.5, 0.6) is 5.75 Å². The van der Waals surface area contributed by atoms with Crippen LogP contribution in [0.15, 0.2) is 12.1 Å². The van der Waals surface area contributed by atoms with E-state index in [1.807, 2.05) is 37.8 Å². The maximum atomic E-state index is 12.6. The Bertz CT molecular complexity index is 677. The highest BCUT2D eigenvalue weighted by Crippen LogP contribution is 2.40. The topological polar surface area (TPSA) is 46.6 Å². The number of rotatable bonds is 2. The minimum atomic E-state index is -0.448. The number of hydrogen-bond donors (Lipinski definition) is 0. The molecule has 2 aliphatic rings. The first-order chi connectivity index (χ1) is 11.3. The second-order valence-corrected chi connectivity index (χ2v) is 8.12. The van der Waals surface area contributed by atoms with Crippen LogP contribution in [0.25, 0.3) is 0 Å². The number of aryl methyl sites for hydroxylation is 2. The second kappa shape index (κ2) is 6.51. The van der Waals surface area contributed by atoms with Crippen LogP contribution in [0.1, 0.15) is 54.1 Å². The number of fused-ring (bicyclic) bond motifs is 1. The van der Waals surface area contributed by atoms with Crippen LogP contribution in [-0.2, 0) is 4.79 Å². The van der Waals surface area contributed by atoms with Crippen LogP contribution < -0.4 is 4.74 Å². The lowest BCUT2D eigenvalue weighted by molar-refractivity contribution is -0.134. The number of halogens is 1. The molecule has 1 aromatic carbocycles. The van der Waals surface area contributed by atoms with Gasteiger partial charge >= 0.3 is 0 Å². The number of likely N-dealkylation sites (tertiary alicyclic amines) is 1. The van der Waals surface area contributed by atoms with Crippen LogP contribution in [0.3, 0.4) is 0 Å². The third kappa shape index (κ3) is 3.10. The number of carbonyl (C=O) groups is 2. The molecule has 0 aromatic heterocycles. The number of alkyl halides is 1. The van der Waals surface area contributed by atoms with Gasteiger partial charge < -0.3 is 9.64 Å². The standard InChI is InChI=1S/C19H24BrNO3/c1-4-15(20)18(23)21-7-5-19(6-8-21)11-16(22)14-9-12(2)13(3)10-17(14)24-19/h9-10,15H,4-8,11H2,1-3H3. The Balaban J connectivity index is 1.76. The number of piperidine rings is 1. The van der Waals surface area contributed by atoms with Gasteiger partial charge in [-0.05, 0) is 43.5 Å². The Hall–Kier alpha value is -1.36. The van der Waals surface area contributed by atoms with E-state index < -0.39 is 5.60 Å². The average molecular weight is 394 g/mol. The molecule has 0 N–H and O–H groups in total. The zero-order valence-electron chi connectivity index (χ0n) is 14.5. The Morgan fingerprint density at radius 3 is 2.54 bits per heavy atom. The molecule has 24 heavy (non-hydrogen) atoms. The van der Waals surface area contributed by atoms with Crippen molar-refractivity contribution in [3.05, 3.63) is 28.8 Å². The van der Waals surface area contributed by atoms with Crippen molar-refractivity contribution in [3.63, 3.8) is 0 Å². The molecule has 0 radical (unpaired) electrons. The van der Waals surface area contributed by atoms with E-state index in [4.69, 9.17) is 4.74 Å². The summed E-state index contributed by atoms with van der Waals surface area (Å²) in [5.74, 6) is 1.01. The maximum absolute atomic E-state index is 12.6. The van der Waals surface area contributed by atoms with Gasteiger partial charge in [0.15, 0.2) is 5.78 Å². The molecule has 0 saturated carbocycles. The smallest absolute Gasteiger partial charge is 0.236 e. The first kappa shape index (κ1) is 17.5. The predicted molar refractivity (Wildman–Crippen MR) is 97.0 cm³/mol. The Kier molecular flexibility index (Phi) is 4.73. The monoisotopic (exact) mass is 393 g/mol. The molecule has 1 saturated heterocycles. The first-order valence-electron chi connectivity index (χ1n) is 8.61. The predicted octanol–water partition coefficient (Wildman–Crippen LogP) is 3.80. The summed E-state index contributed by atoms with van der Waals surface area (Å²) in [6.07, 6.45) is 2.61. The minimum absolute atomic E-state index is 0.119. The Morgan fingerprint density at radius 2 is 1.92 bits per heavy atom. The first-order valence-corrected chi connectivity index (χ1v) is 9.53. The van der Waals surface area contributed by atoms with Crippen LogP contribution in [0.4, 0.5) is 0 Å². The van der Waals surface area contributed by atoms with Crippen molar-refractivity contribution in [1.82, 2.24) is 4.90 Å². The molecule has 2 aliphatic heterocycles. The highest BCUT2D eigenvalue weighted by molar-refractivity contribution is 9.10. The van der Waals surface area contributed by atoms with Crippen molar-refractivity contribution in [3.8, 4) is 5.75 Å². The number of benzene rings is 1. The molecular weight excluding hydrogens is 370 g/mol. The van der Waals surface area contributed by atoms with Crippen LogP contribution >= 0.6 is 15.9 Å². The van der Waals surface area contributed by atoms with E-state index >= 15 is 0 Å². The molecule has 1 spiro atoms. The summed E-state index contributed by atoms with van der Waals surface area (Å²) in [6.45, 7) is 7.34. The summed E-state index contributed by atoms with van der Waals surface area (Å²) >= 11 is 3.43. The fourth-order valence-corrected chi connectivity index (χ4v) is 3.82. The molecule has 1 unspecified atom stereocenters. The third-order valence-corrected chi connectivity index (χ3v) is 6.36. The number of ketones is 1. The van der Waals surface area contributed by atoms with E-state index in [0.29, 0.717) is 43.7 Å². The van der Waals surface area contributed by atoms with E-state index in [9.17, 15) is 9.59 Å². The summed E-state index contributed by atoms with van der Waals surface area (Å²) in [4.78, 5) is 26.7. The van der Waals surface area contributed by atoms with Crippen molar-refractivity contribution in [1.29, 1.82) is 0 Å². The van der Waals surface area contributed by atoms with Gasteiger partial charge in [0.25, 0.3) is 0 Å². The zero-order valence-corrected chi connectivity index (χ0v) is 16.1. The maximum Gasteiger partial charge on any atom is 0.236 e. The van der Waals surface area contributed by atoms with Crippen molar-refractivity contribution in [2.75, 3.05) is 13.1 Å². The number of ether oxygens (including phenoxy) is 1. The SMILES string of the molecule is CCC(Br)C(=O)N1CCC2(CC1)CC(=O)c1cc(C)c(C)cc1O2. The van der Waals surface area contributed by atoms with Gasteiger partial charge in [-0.3, -0.25) is 9.59 Å². The molecule has 5 heteroatoms. The van der Waals surface area contributed by atoms with Gasteiger partial charge in [0.1, 0.15) is 11.4 Å². The normalized spacial score (nSPS) is 20.5. The Morgan fingerprint density at radius 1 is 1.29 bits per heavy atom. The van der Waals surface area contributed by atoms with Crippen LogP contribution in [0, 0.1) is 13.8 Å². The van der Waals surface area contributed by atoms with E-state index in [1.165, 1.54) is 0 Å². The Labute approximate surface area is 151 Å². The van der Waals surface area contributed by atoms with Gasteiger partial charge in [-0.25, -0.2) is 0 Å². The summed E-state index contributed by atoms with van der Waals surface area (Å²) in [7, 11) is 0. The summed E-state index contributed by atoms with van der Waals surface area (Å²) < 4.78 is 6.31. The van der Waals surface area contributed by atoms with Crippen molar-refractivity contribution in [2.24, 2.45) is 0 Å². The fraction of sp³-hybridized carbons (Fsp3) is 0.579. The summed E-state index contributed by atoms with van der Waals surface area (Å²) in [5.41, 5.74) is 2.51. The molecule has 0 bridgehead atoms. The summed E-state index contributed by atoms with van der Waals surface area (Å²) in [6, 6.07) is 3.92. The highest BCUT2D eigenvalue weighted by Gasteiger charge is 2.44. The van der Waals surface area contributed by atoms with E-state index in [2.05, 4.69) is 15.9 Å². The molecule has 130 valence electrons. The van der Waals surface area contributed by atoms with Crippen molar-refractivity contribution in [2.45, 2.75) is 56.9 Å². The molecule has 1 amide bonds. The van der Waals surface area contributed by atoms with E-state index in [1.54, 1.807) is 0 Å². The molecule has 1 aromatic rings. The number of nitrogens with zero attached hydrogens (tertiary/aromatic N) is 1. The molecule has 0 aliphatic carbocycles. The van der Waals surface area contributed by atoms with Gasteiger partial charge in [0.05, 0.1) is 16.8 Å². The molecular formula is C19H24BrNO3. The largest absolute Gasteiger partial charge is 0.486 e. The molecule has 3 rings (SSSR count). The average Bonchev–Trinajstić information content (AvgIpc) is 2.56. The van der Waals surface area contributed by atoms with Gasteiger partial charge in [-0.1, -0.05) is 22.9 Å². The molecule has 1 atom stereocenters. The van der Waals surface area contributed by atoms with E-state index in [-0.39, 0.29) is 16.5 Å². The molecule has 4 nitrogen and oxygen atoms in total. The van der Waals surface area contributed by atoms with Crippen LogP contribution in [-0.4, -0.2) is 40.1 Å². The fourth-order valence-electron chi connectivity index (χ4n) is 3.54. The number of amides is 1. The molecule has 1 fully saturated rings. The highest BCUT2D eigenvalue weighted by atomic mass is 79.9. The van der Waals surface area contributed by atoms with Gasteiger partial charge in [-0.2, -0.15) is 0 Å². The zero-order chi connectivity index (χ0) is 17.5. The number of hydrogen-bond acceptors (Lipinski definition) is 3. The second-order valence-electron chi connectivity index (χ2n) is 7.02. The quantitative estimate of drug-likeness (QED) is 0.717. The van der Waals surface area contributed by atoms with Crippen LogP contribution in [0.2, 0.25) is 0 Å². The molecule has 2 heterocycles. The lowest BCUT2D eigenvalue weighted by atomic mass is 9.82. The lowest BCUT2D eigenvalue weighted by Gasteiger charge is -2.44. The van der Waals surface area contributed by atoms with Crippen molar-refractivity contribution >= 4 is 27.6 Å². The van der Waals surface area contributed by atoms with Crippen molar-refractivity contribution < 1.29 is 14.3 Å². The van der Waals surface area contributed by atoms with Gasteiger partial charge in [-0.15, -0.1) is 0 Å². The number of carbonyl (C=O) groups excluding carboxylic acids is 2. The number of Topliss-reactive ketones (excluding diaryl/α,β-unsaturated/α-hetero) is 1. The van der Waals surface area contributed by atoms with E-state index in [0.717, 1.165) is 17.5 Å². The van der Waals surface area contributed by atoms with Gasteiger partial charge in [0.2, 0.25) is 5.91 Å². The lowest BCUT2D eigenvalue weighted by Crippen LogP contribution is -2.53. The minimum Gasteiger partial charge on any atom is -0.486 e. The van der Waals surface area contributed by atoms with Gasteiger partial charge in [0, 0.05) is 25.9 Å².